The first kappa shape index (κ1) is 18.8. The van der Waals surface area contributed by atoms with Crippen LogP contribution in [0, 0.1) is 39.9 Å². The Kier molecular flexibility index (Phi) is 3.55. The molecule has 1 heterocycles. The minimum Gasteiger partial charge on any atom is -0.457 e. The van der Waals surface area contributed by atoms with Crippen LogP contribution in [0.4, 0.5) is 0 Å². The number of likely N-dealkylation sites (tertiary alicyclic amines) is 1. The summed E-state index contributed by atoms with van der Waals surface area (Å²) in [5.41, 5.74) is 0.812. The highest BCUT2D eigenvalue weighted by molar-refractivity contribution is 5.67. The number of ether oxygens (including phenoxy) is 1. The van der Waals surface area contributed by atoms with Crippen LogP contribution < -0.4 is 0 Å². The number of hydrogen-bond acceptors (Lipinski definition) is 5. The van der Waals surface area contributed by atoms with Crippen molar-refractivity contribution in [2.24, 2.45) is 39.9 Å². The van der Waals surface area contributed by atoms with Gasteiger partial charge in [0.2, 0.25) is 0 Å². The van der Waals surface area contributed by atoms with Crippen LogP contribution >= 0.6 is 0 Å². The van der Waals surface area contributed by atoms with Crippen LogP contribution in [-0.2, 0) is 9.53 Å². The minimum atomic E-state index is -0.439. The number of nitrogens with zero attached hydrogens (tertiary/aromatic N) is 1. The van der Waals surface area contributed by atoms with E-state index in [1.165, 1.54) is 6.92 Å². The van der Waals surface area contributed by atoms with Crippen molar-refractivity contribution in [3.05, 3.63) is 12.2 Å². The predicted octanol–water partition coefficient (Wildman–Crippen LogP) is 2.36. The van der Waals surface area contributed by atoms with Gasteiger partial charge in [0, 0.05) is 36.3 Å². The van der Waals surface area contributed by atoms with Crippen LogP contribution in [0.25, 0.3) is 0 Å². The molecule has 0 unspecified atom stereocenters. The number of hydrogen-bond donors (Lipinski definition) is 2. The average Bonchev–Trinajstić information content (AvgIpc) is 3.19. The summed E-state index contributed by atoms with van der Waals surface area (Å²) < 4.78 is 6.01. The van der Waals surface area contributed by atoms with E-state index in [2.05, 4.69) is 25.3 Å². The lowest BCUT2D eigenvalue weighted by Gasteiger charge is -2.65. The van der Waals surface area contributed by atoms with Gasteiger partial charge in [-0.3, -0.25) is 9.69 Å². The van der Waals surface area contributed by atoms with Crippen molar-refractivity contribution in [2.75, 3.05) is 13.1 Å². The zero-order valence-corrected chi connectivity index (χ0v) is 17.9. The van der Waals surface area contributed by atoms with E-state index in [4.69, 9.17) is 4.74 Å². The van der Waals surface area contributed by atoms with Gasteiger partial charge < -0.3 is 14.9 Å². The van der Waals surface area contributed by atoms with Crippen molar-refractivity contribution < 1.29 is 19.7 Å². The first-order valence-electron chi connectivity index (χ1n) is 11.7. The lowest BCUT2D eigenvalue weighted by atomic mass is 9.43. The lowest BCUT2D eigenvalue weighted by Crippen LogP contribution is -2.68. The Hall–Kier alpha value is -0.910. The van der Waals surface area contributed by atoms with Crippen LogP contribution in [0.15, 0.2) is 12.2 Å². The fourth-order valence-electron chi connectivity index (χ4n) is 10.3. The molecule has 5 nitrogen and oxygen atoms in total. The molecule has 0 aromatic heterocycles. The zero-order chi connectivity index (χ0) is 20.5. The van der Waals surface area contributed by atoms with E-state index in [1.54, 1.807) is 0 Å². The highest BCUT2D eigenvalue weighted by Gasteiger charge is 2.85. The van der Waals surface area contributed by atoms with Crippen molar-refractivity contribution in [1.29, 1.82) is 0 Å². The molecule has 0 aromatic rings. The van der Waals surface area contributed by atoms with E-state index in [0.29, 0.717) is 17.9 Å². The van der Waals surface area contributed by atoms with Crippen molar-refractivity contribution in [1.82, 2.24) is 4.90 Å². The molecule has 2 spiro atoms. The van der Waals surface area contributed by atoms with Gasteiger partial charge in [-0.05, 0) is 67.4 Å². The van der Waals surface area contributed by atoms with Gasteiger partial charge in [-0.25, -0.2) is 0 Å². The number of esters is 1. The van der Waals surface area contributed by atoms with Gasteiger partial charge in [-0.15, -0.1) is 0 Å². The second-order valence-corrected chi connectivity index (χ2v) is 11.5. The molecule has 1 aliphatic heterocycles. The Morgan fingerprint density at radius 1 is 1.31 bits per heavy atom. The predicted molar refractivity (Wildman–Crippen MR) is 108 cm³/mol. The summed E-state index contributed by atoms with van der Waals surface area (Å²) >= 11 is 0. The Morgan fingerprint density at radius 2 is 2.07 bits per heavy atom. The maximum Gasteiger partial charge on any atom is 0.303 e. The highest BCUT2D eigenvalue weighted by Crippen LogP contribution is 2.83. The number of fused-ring (bicyclic) bond motifs is 1. The van der Waals surface area contributed by atoms with E-state index in [9.17, 15) is 15.0 Å². The Balaban J connectivity index is 1.58. The molecular formula is C24H35NO4. The molecule has 6 aliphatic rings. The van der Waals surface area contributed by atoms with Crippen LogP contribution in [0.1, 0.15) is 52.9 Å². The van der Waals surface area contributed by atoms with Gasteiger partial charge in [0.05, 0.1) is 12.2 Å². The molecule has 2 N–H and O–H groups in total. The summed E-state index contributed by atoms with van der Waals surface area (Å²) in [6, 6.07) is 0.334. The van der Waals surface area contributed by atoms with E-state index in [0.717, 1.165) is 50.8 Å². The van der Waals surface area contributed by atoms with Gasteiger partial charge in [0.1, 0.15) is 6.10 Å². The van der Waals surface area contributed by atoms with E-state index < -0.39 is 6.10 Å². The van der Waals surface area contributed by atoms with Gasteiger partial charge in [0.25, 0.3) is 0 Å². The van der Waals surface area contributed by atoms with Gasteiger partial charge in [-0.2, -0.15) is 0 Å². The van der Waals surface area contributed by atoms with Crippen LogP contribution in [-0.4, -0.2) is 58.5 Å². The molecule has 1 saturated heterocycles. The molecule has 5 aliphatic carbocycles. The second kappa shape index (κ2) is 5.46. The van der Waals surface area contributed by atoms with Crippen molar-refractivity contribution >= 4 is 5.97 Å². The largest absolute Gasteiger partial charge is 0.457 e. The quantitative estimate of drug-likeness (QED) is 0.549. The molecular weight excluding hydrogens is 366 g/mol. The number of aliphatic hydroxyl groups excluding tert-OH is 2. The van der Waals surface area contributed by atoms with Crippen LogP contribution in [0.2, 0.25) is 0 Å². The molecule has 6 rings (SSSR count). The van der Waals surface area contributed by atoms with Crippen molar-refractivity contribution in [3.63, 3.8) is 0 Å². The highest BCUT2D eigenvalue weighted by atomic mass is 16.5. The van der Waals surface area contributed by atoms with Gasteiger partial charge >= 0.3 is 5.97 Å². The van der Waals surface area contributed by atoms with E-state index in [-0.39, 0.29) is 46.3 Å². The molecule has 0 aromatic carbocycles. The third-order valence-electron chi connectivity index (χ3n) is 10.8. The Bertz CT molecular complexity index is 798. The molecule has 160 valence electrons. The number of carbonyl (C=O) groups is 1. The van der Waals surface area contributed by atoms with Gasteiger partial charge in [-0.1, -0.05) is 20.4 Å². The van der Waals surface area contributed by atoms with E-state index in [1.807, 2.05) is 0 Å². The maximum atomic E-state index is 12.1. The summed E-state index contributed by atoms with van der Waals surface area (Å²) in [4.78, 5) is 14.7. The fourth-order valence-corrected chi connectivity index (χ4v) is 10.3. The van der Waals surface area contributed by atoms with Gasteiger partial charge in [0.15, 0.2) is 0 Å². The molecule has 11 atom stereocenters. The van der Waals surface area contributed by atoms with Crippen molar-refractivity contribution in [3.8, 4) is 0 Å². The average molecular weight is 402 g/mol. The first-order valence-corrected chi connectivity index (χ1v) is 11.7. The second-order valence-electron chi connectivity index (χ2n) is 11.5. The third-order valence-corrected chi connectivity index (χ3v) is 10.8. The van der Waals surface area contributed by atoms with Crippen LogP contribution in [0.5, 0.6) is 0 Å². The maximum absolute atomic E-state index is 12.1. The number of rotatable bonds is 2. The summed E-state index contributed by atoms with van der Waals surface area (Å²) in [6.45, 7) is 12.6. The third kappa shape index (κ3) is 1.81. The molecule has 5 saturated carbocycles. The number of piperidine rings is 1. The first-order chi connectivity index (χ1) is 13.7. The standard InChI is InChI=1S/C24H35NO4/c1-5-25-11-22(4)7-6-19(28)24-17(22)8-15(20(24)25)23-10-14(16(27)9-18(23)24)12(2)21(23)29-13(3)26/h14-21,27-28H,2,5-11H2,1,3-4H3/t14-,15+,16-,17-,18-,19+,20-,21-,22+,23+,24+/m1/s1. The zero-order valence-electron chi connectivity index (χ0n) is 17.9. The van der Waals surface area contributed by atoms with Crippen LogP contribution in [0.3, 0.4) is 0 Å². The summed E-state index contributed by atoms with van der Waals surface area (Å²) in [6.07, 6.45) is 3.58. The SMILES string of the molecule is C=C1[C@H]2C[C@@]3([C@@H]1OC(C)=O)[C@@H](C[C@H]2O)[C@]12[C@@H]4C[C@H]3[C@H]1N(CC)C[C@]4(C)CC[C@@H]2O. The molecule has 0 radical (unpaired) electrons. The monoisotopic (exact) mass is 401 g/mol. The van der Waals surface area contributed by atoms with E-state index >= 15 is 0 Å². The Labute approximate surface area is 173 Å². The topological polar surface area (TPSA) is 70.0 Å². The lowest BCUT2D eigenvalue weighted by molar-refractivity contribution is -0.220. The Morgan fingerprint density at radius 3 is 2.76 bits per heavy atom. The number of aliphatic hydroxyl groups is 2. The number of carbonyl (C=O) groups excluding carboxylic acids is 1. The summed E-state index contributed by atoms with van der Waals surface area (Å²) in [5, 5.41) is 22.8. The molecule has 0 amide bonds. The molecule has 7 bridgehead atoms. The normalized spacial score (nSPS) is 59.7. The molecule has 29 heavy (non-hydrogen) atoms. The smallest absolute Gasteiger partial charge is 0.303 e. The minimum absolute atomic E-state index is 0.0217. The van der Waals surface area contributed by atoms with Crippen molar-refractivity contribution in [2.45, 2.75) is 77.2 Å². The summed E-state index contributed by atoms with van der Waals surface area (Å²) in [5.74, 6) is 0.875. The fraction of sp³-hybridized carbons (Fsp3) is 0.875. The molecule has 5 heteroatoms. The summed E-state index contributed by atoms with van der Waals surface area (Å²) in [7, 11) is 0. The molecule has 6 fully saturated rings.